The summed E-state index contributed by atoms with van der Waals surface area (Å²) in [5.74, 6) is -0.407. The number of rotatable bonds is 6. The van der Waals surface area contributed by atoms with Gasteiger partial charge < -0.3 is 14.4 Å². The third kappa shape index (κ3) is 4.26. The van der Waals surface area contributed by atoms with E-state index in [1.807, 2.05) is 60.7 Å². The molecule has 0 aromatic heterocycles. The van der Waals surface area contributed by atoms with Gasteiger partial charge in [-0.1, -0.05) is 54.6 Å². The molecule has 31 heavy (non-hydrogen) atoms. The highest BCUT2D eigenvalue weighted by molar-refractivity contribution is 5.96. The minimum absolute atomic E-state index is 0.176. The van der Waals surface area contributed by atoms with Crippen LogP contribution in [0.4, 0.5) is 5.69 Å². The number of hydrogen-bond donors (Lipinski definition) is 0. The van der Waals surface area contributed by atoms with Crippen LogP contribution in [0.25, 0.3) is 0 Å². The van der Waals surface area contributed by atoms with E-state index in [2.05, 4.69) is 0 Å². The number of carbonyl (C=O) groups is 2. The van der Waals surface area contributed by atoms with Gasteiger partial charge in [0, 0.05) is 23.4 Å². The molecule has 0 saturated heterocycles. The molecule has 0 N–H and O–H groups in total. The van der Waals surface area contributed by atoms with Crippen molar-refractivity contribution in [3.8, 4) is 17.6 Å². The Hall–Kier alpha value is -4.11. The molecular formula is C25H20N2O4. The molecule has 0 saturated carbocycles. The second-order valence-corrected chi connectivity index (χ2v) is 7.01. The molecule has 0 spiro atoms. The predicted octanol–water partition coefficient (Wildman–Crippen LogP) is 4.41. The van der Waals surface area contributed by atoms with Crippen molar-refractivity contribution in [2.75, 3.05) is 18.1 Å². The summed E-state index contributed by atoms with van der Waals surface area (Å²) < 4.78 is 11.4. The maximum Gasteiger partial charge on any atom is 0.318 e. The summed E-state index contributed by atoms with van der Waals surface area (Å²) in [5, 5.41) is 8.93. The van der Waals surface area contributed by atoms with Gasteiger partial charge in [-0.25, -0.2) is 0 Å². The molecule has 0 fully saturated rings. The lowest BCUT2D eigenvalue weighted by atomic mass is 9.88. The number of anilines is 1. The molecular weight excluding hydrogens is 392 g/mol. The zero-order valence-electron chi connectivity index (χ0n) is 16.7. The van der Waals surface area contributed by atoms with Gasteiger partial charge in [-0.2, -0.15) is 5.26 Å². The van der Waals surface area contributed by atoms with Crippen LogP contribution in [0.2, 0.25) is 0 Å². The number of carbonyl (C=O) groups excluding carboxylic acids is 2. The van der Waals surface area contributed by atoms with Crippen LogP contribution >= 0.6 is 0 Å². The molecule has 1 amide bonds. The number of amides is 1. The Morgan fingerprint density at radius 2 is 1.48 bits per heavy atom. The molecule has 0 unspecified atom stereocenters. The van der Waals surface area contributed by atoms with E-state index in [1.165, 1.54) is 4.90 Å². The Bertz CT molecular complexity index is 1090. The number of benzene rings is 3. The van der Waals surface area contributed by atoms with Gasteiger partial charge in [0.1, 0.15) is 17.4 Å². The van der Waals surface area contributed by atoms with Crippen molar-refractivity contribution in [1.82, 2.24) is 0 Å². The summed E-state index contributed by atoms with van der Waals surface area (Å²) in [5.41, 5.74) is 2.05. The lowest BCUT2D eigenvalue weighted by Crippen LogP contribution is -2.36. The first-order valence-electron chi connectivity index (χ1n) is 9.93. The number of nitriles is 1. The molecule has 3 aromatic rings. The monoisotopic (exact) mass is 412 g/mol. The molecule has 0 bridgehead atoms. The Kier molecular flexibility index (Phi) is 5.95. The Morgan fingerprint density at radius 1 is 0.903 bits per heavy atom. The van der Waals surface area contributed by atoms with Gasteiger partial charge in [-0.3, -0.25) is 9.59 Å². The summed E-state index contributed by atoms with van der Waals surface area (Å²) >= 11 is 0. The molecule has 6 heteroatoms. The van der Waals surface area contributed by atoms with E-state index in [0.717, 1.165) is 0 Å². The van der Waals surface area contributed by atoms with Gasteiger partial charge in [0.05, 0.1) is 12.5 Å². The summed E-state index contributed by atoms with van der Waals surface area (Å²) in [6.07, 6.45) is 0.176. The first kappa shape index (κ1) is 20.2. The summed E-state index contributed by atoms with van der Waals surface area (Å²) in [4.78, 5) is 27.4. The molecule has 1 heterocycles. The topological polar surface area (TPSA) is 79.6 Å². The van der Waals surface area contributed by atoms with Crippen LogP contribution in [0, 0.1) is 11.3 Å². The van der Waals surface area contributed by atoms with Crippen LogP contribution in [-0.4, -0.2) is 25.0 Å². The second-order valence-electron chi connectivity index (χ2n) is 7.01. The van der Waals surface area contributed by atoms with Crippen molar-refractivity contribution in [2.24, 2.45) is 0 Å². The fraction of sp³-hybridized carbons (Fsp3) is 0.160. The van der Waals surface area contributed by atoms with Gasteiger partial charge >= 0.3 is 5.97 Å². The number of para-hydroxylation sites is 3. The first-order chi connectivity index (χ1) is 15.2. The zero-order valence-corrected chi connectivity index (χ0v) is 16.7. The third-order valence-corrected chi connectivity index (χ3v) is 5.07. The Labute approximate surface area is 180 Å². The summed E-state index contributed by atoms with van der Waals surface area (Å²) in [6, 6.07) is 25.7. The average Bonchev–Trinajstić information content (AvgIpc) is 2.82. The highest BCUT2D eigenvalue weighted by Gasteiger charge is 2.34. The van der Waals surface area contributed by atoms with Crippen LogP contribution in [0.5, 0.6) is 11.5 Å². The molecule has 4 rings (SSSR count). The third-order valence-electron chi connectivity index (χ3n) is 5.07. The predicted molar refractivity (Wildman–Crippen MR) is 115 cm³/mol. The number of nitrogens with zero attached hydrogens (tertiary/aromatic N) is 2. The van der Waals surface area contributed by atoms with Crippen molar-refractivity contribution in [3.63, 3.8) is 0 Å². The first-order valence-corrected chi connectivity index (χ1v) is 9.93. The number of ether oxygens (including phenoxy) is 2. The van der Waals surface area contributed by atoms with Crippen molar-refractivity contribution in [1.29, 1.82) is 5.26 Å². The van der Waals surface area contributed by atoms with E-state index < -0.39 is 18.5 Å². The summed E-state index contributed by atoms with van der Waals surface area (Å²) in [6.45, 7) is -0.194. The minimum Gasteiger partial charge on any atom is -0.457 e. The maximum atomic E-state index is 13.1. The average molecular weight is 412 g/mol. The fourth-order valence-electron chi connectivity index (χ4n) is 3.63. The molecule has 0 radical (unpaired) electrons. The van der Waals surface area contributed by atoms with Crippen molar-refractivity contribution in [2.45, 2.75) is 12.3 Å². The molecule has 1 aliphatic rings. The minimum atomic E-state index is -0.682. The fourth-order valence-corrected chi connectivity index (χ4v) is 3.63. The zero-order chi connectivity index (χ0) is 21.6. The van der Waals surface area contributed by atoms with Crippen LogP contribution in [0.3, 0.4) is 0 Å². The van der Waals surface area contributed by atoms with Crippen LogP contribution in [-0.2, 0) is 14.3 Å². The number of hydrogen-bond acceptors (Lipinski definition) is 5. The molecule has 0 atom stereocenters. The second kappa shape index (κ2) is 9.14. The van der Waals surface area contributed by atoms with E-state index in [4.69, 9.17) is 14.7 Å². The van der Waals surface area contributed by atoms with Crippen LogP contribution in [0.15, 0.2) is 78.9 Å². The Balaban J connectivity index is 1.53. The molecule has 6 nitrogen and oxygen atoms in total. The highest BCUT2D eigenvalue weighted by atomic mass is 16.5. The summed E-state index contributed by atoms with van der Waals surface area (Å²) in [7, 11) is 0. The van der Waals surface area contributed by atoms with Crippen molar-refractivity contribution >= 4 is 17.6 Å². The molecule has 1 aliphatic heterocycles. The van der Waals surface area contributed by atoms with Crippen molar-refractivity contribution < 1.29 is 19.1 Å². The molecule has 3 aromatic carbocycles. The smallest absolute Gasteiger partial charge is 0.318 e. The van der Waals surface area contributed by atoms with Gasteiger partial charge in [0.2, 0.25) is 0 Å². The van der Waals surface area contributed by atoms with Gasteiger partial charge in [0.25, 0.3) is 5.91 Å². The van der Waals surface area contributed by atoms with Gasteiger partial charge in [-0.15, -0.1) is 0 Å². The van der Waals surface area contributed by atoms with Crippen molar-refractivity contribution in [3.05, 3.63) is 90.0 Å². The van der Waals surface area contributed by atoms with E-state index >= 15 is 0 Å². The largest absolute Gasteiger partial charge is 0.457 e. The quantitative estimate of drug-likeness (QED) is 0.560. The SMILES string of the molecule is N#CCCN(C(=O)COC(=O)C1c2ccccc2Oc2ccccc21)c1ccccc1. The standard InChI is InChI=1S/C25H20N2O4/c26-15-8-16-27(18-9-2-1-3-10-18)23(28)17-30-25(29)24-19-11-4-6-13-21(19)31-22-14-7-5-12-20(22)24/h1-7,9-14,24H,8,16-17H2. The number of fused-ring (bicyclic) bond motifs is 2. The highest BCUT2D eigenvalue weighted by Crippen LogP contribution is 2.44. The number of esters is 1. The van der Waals surface area contributed by atoms with E-state index in [0.29, 0.717) is 28.3 Å². The lowest BCUT2D eigenvalue weighted by Gasteiger charge is -2.27. The van der Waals surface area contributed by atoms with Crippen LogP contribution in [0.1, 0.15) is 23.5 Å². The van der Waals surface area contributed by atoms with E-state index in [-0.39, 0.29) is 18.9 Å². The Morgan fingerprint density at radius 3 is 2.10 bits per heavy atom. The van der Waals surface area contributed by atoms with Crippen LogP contribution < -0.4 is 9.64 Å². The molecule has 154 valence electrons. The lowest BCUT2D eigenvalue weighted by molar-refractivity contribution is -0.148. The van der Waals surface area contributed by atoms with E-state index in [1.54, 1.807) is 24.3 Å². The maximum absolute atomic E-state index is 13.1. The normalized spacial score (nSPS) is 12.0. The van der Waals surface area contributed by atoms with Gasteiger partial charge in [0.15, 0.2) is 6.61 Å². The molecule has 0 aliphatic carbocycles. The van der Waals surface area contributed by atoms with Gasteiger partial charge in [-0.05, 0) is 24.3 Å². The van der Waals surface area contributed by atoms with E-state index in [9.17, 15) is 9.59 Å².